The van der Waals surface area contributed by atoms with Gasteiger partial charge in [0.1, 0.15) is 0 Å². The number of aromatic nitrogens is 1. The van der Waals surface area contributed by atoms with Crippen LogP contribution < -0.4 is 0 Å². The standard InChI is InChI=1S/C14H20N2O2/c1-13(2,12-6-10-15-11-7-12)14(16(17)18)8-4-3-5-9-14/h6-7,10-11H,3-5,8-9H2,1-2H3. The lowest BCUT2D eigenvalue weighted by atomic mass is 9.62. The van der Waals surface area contributed by atoms with Crippen LogP contribution in [0.4, 0.5) is 0 Å². The molecule has 1 saturated carbocycles. The van der Waals surface area contributed by atoms with Crippen LogP contribution in [0.25, 0.3) is 0 Å². The number of hydrogen-bond acceptors (Lipinski definition) is 3. The Kier molecular flexibility index (Phi) is 3.37. The lowest BCUT2D eigenvalue weighted by Crippen LogP contribution is -2.55. The zero-order valence-corrected chi connectivity index (χ0v) is 11.1. The summed E-state index contributed by atoms with van der Waals surface area (Å²) in [5.41, 5.74) is -0.275. The molecule has 18 heavy (non-hydrogen) atoms. The smallest absolute Gasteiger partial charge is 0.231 e. The quantitative estimate of drug-likeness (QED) is 0.609. The van der Waals surface area contributed by atoms with Gasteiger partial charge in [0.2, 0.25) is 5.54 Å². The Labute approximate surface area is 108 Å². The Morgan fingerprint density at radius 1 is 1.22 bits per heavy atom. The fraction of sp³-hybridized carbons (Fsp3) is 0.643. The molecule has 0 atom stereocenters. The topological polar surface area (TPSA) is 56.0 Å². The van der Waals surface area contributed by atoms with Gasteiger partial charge in [-0.05, 0) is 44.4 Å². The summed E-state index contributed by atoms with van der Waals surface area (Å²) in [7, 11) is 0. The van der Waals surface area contributed by atoms with Gasteiger partial charge in [0.25, 0.3) is 0 Å². The van der Waals surface area contributed by atoms with Crippen molar-refractivity contribution in [2.24, 2.45) is 0 Å². The summed E-state index contributed by atoms with van der Waals surface area (Å²) in [6, 6.07) is 3.81. The van der Waals surface area contributed by atoms with Gasteiger partial charge in [0, 0.05) is 30.2 Å². The summed E-state index contributed by atoms with van der Waals surface area (Å²) in [6.45, 7) is 3.99. The molecule has 0 unspecified atom stereocenters. The number of rotatable bonds is 3. The molecule has 0 aliphatic heterocycles. The van der Waals surface area contributed by atoms with E-state index < -0.39 is 11.0 Å². The number of nitro groups is 1. The molecule has 1 aromatic heterocycles. The molecule has 0 spiro atoms. The lowest BCUT2D eigenvalue weighted by Gasteiger charge is -2.42. The van der Waals surface area contributed by atoms with E-state index in [9.17, 15) is 10.1 Å². The highest BCUT2D eigenvalue weighted by molar-refractivity contribution is 5.26. The molecule has 0 N–H and O–H groups in total. The monoisotopic (exact) mass is 248 g/mol. The molecule has 0 radical (unpaired) electrons. The van der Waals surface area contributed by atoms with Crippen molar-refractivity contribution in [3.63, 3.8) is 0 Å². The van der Waals surface area contributed by atoms with Gasteiger partial charge in [-0.1, -0.05) is 6.42 Å². The predicted octanol–water partition coefficient (Wildman–Crippen LogP) is 3.34. The maximum Gasteiger partial charge on any atom is 0.231 e. The SMILES string of the molecule is CC(C)(c1ccncc1)C1([N+](=O)[O-])CCCCC1. The molecule has 1 aromatic rings. The van der Waals surface area contributed by atoms with Crippen molar-refractivity contribution >= 4 is 0 Å². The zero-order chi connectivity index (χ0) is 13.2. The van der Waals surface area contributed by atoms with E-state index >= 15 is 0 Å². The highest BCUT2D eigenvalue weighted by Crippen LogP contribution is 2.46. The molecule has 98 valence electrons. The van der Waals surface area contributed by atoms with Crippen molar-refractivity contribution < 1.29 is 4.92 Å². The molecule has 0 saturated heterocycles. The van der Waals surface area contributed by atoms with Gasteiger partial charge < -0.3 is 0 Å². The largest absolute Gasteiger partial charge is 0.265 e. The highest BCUT2D eigenvalue weighted by atomic mass is 16.6. The van der Waals surface area contributed by atoms with Crippen LogP contribution >= 0.6 is 0 Å². The van der Waals surface area contributed by atoms with Gasteiger partial charge >= 0.3 is 0 Å². The molecule has 1 aliphatic rings. The van der Waals surface area contributed by atoms with Gasteiger partial charge in [0.05, 0.1) is 5.41 Å². The fourth-order valence-corrected chi connectivity index (χ4v) is 3.21. The molecule has 0 bridgehead atoms. The maximum absolute atomic E-state index is 11.7. The van der Waals surface area contributed by atoms with Crippen LogP contribution in [-0.4, -0.2) is 15.4 Å². The number of hydrogen-bond donors (Lipinski definition) is 0. The van der Waals surface area contributed by atoms with Crippen molar-refractivity contribution in [1.29, 1.82) is 0 Å². The Bertz CT molecular complexity index is 423. The zero-order valence-electron chi connectivity index (χ0n) is 11.1. The Morgan fingerprint density at radius 3 is 2.28 bits per heavy atom. The van der Waals surface area contributed by atoms with Gasteiger partial charge in [-0.25, -0.2) is 0 Å². The van der Waals surface area contributed by atoms with E-state index in [1.165, 1.54) is 0 Å². The molecule has 0 aromatic carbocycles. The van der Waals surface area contributed by atoms with Gasteiger partial charge in [0.15, 0.2) is 0 Å². The molecule has 1 aliphatic carbocycles. The normalized spacial score (nSPS) is 19.4. The van der Waals surface area contributed by atoms with Crippen molar-refractivity contribution in [2.75, 3.05) is 0 Å². The first-order chi connectivity index (χ1) is 8.51. The first kappa shape index (κ1) is 13.0. The first-order valence-electron chi connectivity index (χ1n) is 6.56. The molecule has 0 amide bonds. The third-order valence-corrected chi connectivity index (χ3v) is 4.60. The van der Waals surface area contributed by atoms with Crippen LogP contribution in [0.5, 0.6) is 0 Å². The van der Waals surface area contributed by atoms with Gasteiger partial charge in [-0.15, -0.1) is 0 Å². The van der Waals surface area contributed by atoms with Crippen LogP contribution in [0.15, 0.2) is 24.5 Å². The molecule has 4 heteroatoms. The van der Waals surface area contributed by atoms with Gasteiger partial charge in [-0.2, -0.15) is 0 Å². The van der Waals surface area contributed by atoms with Crippen molar-refractivity contribution in [2.45, 2.75) is 56.9 Å². The second kappa shape index (κ2) is 4.67. The Morgan fingerprint density at radius 2 is 1.78 bits per heavy atom. The van der Waals surface area contributed by atoms with E-state index in [-0.39, 0.29) is 4.92 Å². The van der Waals surface area contributed by atoms with E-state index in [0.29, 0.717) is 12.8 Å². The third kappa shape index (κ3) is 1.89. The van der Waals surface area contributed by atoms with Crippen LogP contribution in [-0.2, 0) is 5.41 Å². The summed E-state index contributed by atoms with van der Waals surface area (Å²) >= 11 is 0. The Hall–Kier alpha value is -1.45. The van der Waals surface area contributed by atoms with E-state index in [4.69, 9.17) is 0 Å². The van der Waals surface area contributed by atoms with E-state index in [2.05, 4.69) is 4.98 Å². The Balaban J connectivity index is 2.44. The average molecular weight is 248 g/mol. The van der Waals surface area contributed by atoms with Crippen LogP contribution in [0.3, 0.4) is 0 Å². The van der Waals surface area contributed by atoms with E-state index in [0.717, 1.165) is 24.8 Å². The second-order valence-electron chi connectivity index (χ2n) is 5.71. The van der Waals surface area contributed by atoms with Crippen LogP contribution in [0.1, 0.15) is 51.5 Å². The lowest BCUT2D eigenvalue weighted by molar-refractivity contribution is -0.588. The van der Waals surface area contributed by atoms with Crippen molar-refractivity contribution in [1.82, 2.24) is 4.98 Å². The van der Waals surface area contributed by atoms with Crippen LogP contribution in [0.2, 0.25) is 0 Å². The minimum Gasteiger partial charge on any atom is -0.265 e. The van der Waals surface area contributed by atoms with Gasteiger partial charge in [-0.3, -0.25) is 15.1 Å². The molecule has 2 rings (SSSR count). The fourth-order valence-electron chi connectivity index (χ4n) is 3.21. The van der Waals surface area contributed by atoms with Crippen molar-refractivity contribution in [3.05, 3.63) is 40.2 Å². The minimum atomic E-state index is -0.827. The molecule has 1 fully saturated rings. The van der Waals surface area contributed by atoms with Crippen LogP contribution in [0, 0.1) is 10.1 Å². The summed E-state index contributed by atoms with van der Waals surface area (Å²) in [5.74, 6) is 0. The molecule has 4 nitrogen and oxygen atoms in total. The predicted molar refractivity (Wildman–Crippen MR) is 70.1 cm³/mol. The summed E-state index contributed by atoms with van der Waals surface area (Å²) in [4.78, 5) is 15.7. The second-order valence-corrected chi connectivity index (χ2v) is 5.71. The summed E-state index contributed by atoms with van der Waals surface area (Å²) in [6.07, 6.45) is 7.80. The minimum absolute atomic E-state index is 0.0351. The third-order valence-electron chi connectivity index (χ3n) is 4.60. The van der Waals surface area contributed by atoms with E-state index in [1.807, 2.05) is 26.0 Å². The number of pyridine rings is 1. The first-order valence-corrected chi connectivity index (χ1v) is 6.56. The molecule has 1 heterocycles. The number of nitrogens with zero attached hydrogens (tertiary/aromatic N) is 2. The maximum atomic E-state index is 11.7. The summed E-state index contributed by atoms with van der Waals surface area (Å²) in [5, 5.41) is 11.7. The summed E-state index contributed by atoms with van der Waals surface area (Å²) < 4.78 is 0. The average Bonchev–Trinajstić information content (AvgIpc) is 2.40. The molecular formula is C14H20N2O2. The molecular weight excluding hydrogens is 228 g/mol. The van der Waals surface area contributed by atoms with E-state index in [1.54, 1.807) is 12.4 Å². The van der Waals surface area contributed by atoms with Crippen molar-refractivity contribution in [3.8, 4) is 0 Å². The highest BCUT2D eigenvalue weighted by Gasteiger charge is 2.56.